The van der Waals surface area contributed by atoms with Crippen LogP contribution in [0.3, 0.4) is 0 Å². The molecule has 0 bridgehead atoms. The van der Waals surface area contributed by atoms with Gasteiger partial charge in [-0.05, 0) is 12.8 Å². The molecule has 1 aliphatic heterocycles. The molecule has 2 rings (SSSR count). The van der Waals surface area contributed by atoms with E-state index in [0.29, 0.717) is 6.54 Å². The lowest BCUT2D eigenvalue weighted by molar-refractivity contribution is -0.154. The summed E-state index contributed by atoms with van der Waals surface area (Å²) in [4.78, 5) is 37.0. The molecule has 18 heavy (non-hydrogen) atoms. The second-order valence-corrected chi connectivity index (χ2v) is 5.06. The number of esters is 1. The van der Waals surface area contributed by atoms with Crippen molar-refractivity contribution in [2.75, 3.05) is 20.2 Å². The molecule has 0 N–H and O–H groups in total. The largest absolute Gasteiger partial charge is 0.468 e. The summed E-state index contributed by atoms with van der Waals surface area (Å²) >= 11 is 0. The molecule has 1 saturated heterocycles. The van der Waals surface area contributed by atoms with Gasteiger partial charge in [0.2, 0.25) is 5.91 Å². The van der Waals surface area contributed by atoms with E-state index >= 15 is 0 Å². The van der Waals surface area contributed by atoms with Gasteiger partial charge in [-0.15, -0.1) is 0 Å². The predicted molar refractivity (Wildman–Crippen MR) is 63.7 cm³/mol. The molecule has 5 heteroatoms. The number of methoxy groups -OCH3 is 1. The van der Waals surface area contributed by atoms with Crippen molar-refractivity contribution in [3.63, 3.8) is 0 Å². The Morgan fingerprint density at radius 2 is 1.94 bits per heavy atom. The van der Waals surface area contributed by atoms with E-state index in [4.69, 9.17) is 0 Å². The van der Waals surface area contributed by atoms with Gasteiger partial charge in [0, 0.05) is 25.4 Å². The zero-order valence-corrected chi connectivity index (χ0v) is 10.7. The third-order valence-electron chi connectivity index (χ3n) is 3.92. The van der Waals surface area contributed by atoms with Gasteiger partial charge in [-0.2, -0.15) is 0 Å². The number of Topliss-reactive ketones (excluding diaryl/α,β-unsaturated/α-hetero) is 1. The van der Waals surface area contributed by atoms with Gasteiger partial charge in [0.1, 0.15) is 5.92 Å². The Labute approximate surface area is 106 Å². The highest BCUT2D eigenvalue weighted by Crippen LogP contribution is 2.28. The van der Waals surface area contributed by atoms with E-state index < -0.39 is 11.9 Å². The molecule has 1 amide bonds. The first-order valence-electron chi connectivity index (χ1n) is 6.53. The number of rotatable bonds is 2. The second-order valence-electron chi connectivity index (χ2n) is 5.06. The van der Waals surface area contributed by atoms with Crippen LogP contribution >= 0.6 is 0 Å². The minimum Gasteiger partial charge on any atom is -0.468 e. The lowest BCUT2D eigenvalue weighted by Crippen LogP contribution is -2.48. The first-order valence-corrected chi connectivity index (χ1v) is 6.53. The third kappa shape index (κ3) is 2.54. The fourth-order valence-electron chi connectivity index (χ4n) is 2.81. The van der Waals surface area contributed by atoms with Crippen LogP contribution in [-0.2, 0) is 19.1 Å². The Morgan fingerprint density at radius 1 is 1.28 bits per heavy atom. The fraction of sp³-hybridized carbons (Fsp3) is 0.769. The SMILES string of the molecule is COC(=O)C1CN(C(=O)C2CCCC2)CCC1=O. The summed E-state index contributed by atoms with van der Waals surface area (Å²) in [5.41, 5.74) is 0. The highest BCUT2D eigenvalue weighted by molar-refractivity contribution is 6.00. The van der Waals surface area contributed by atoms with Gasteiger partial charge in [-0.25, -0.2) is 0 Å². The minimum atomic E-state index is -0.783. The maximum atomic E-state index is 12.2. The predicted octanol–water partition coefficient (Wildman–Crippen LogP) is 0.767. The molecule has 2 fully saturated rings. The van der Waals surface area contributed by atoms with E-state index in [1.165, 1.54) is 7.11 Å². The normalized spacial score (nSPS) is 25.3. The molecule has 1 atom stereocenters. The second kappa shape index (κ2) is 5.50. The Hall–Kier alpha value is -1.39. The minimum absolute atomic E-state index is 0.0940. The van der Waals surface area contributed by atoms with Crippen LogP contribution in [0.2, 0.25) is 0 Å². The number of carbonyl (C=O) groups excluding carboxylic acids is 3. The summed E-state index contributed by atoms with van der Waals surface area (Å²) < 4.78 is 4.62. The molecule has 0 spiro atoms. The van der Waals surface area contributed by atoms with Gasteiger partial charge >= 0.3 is 5.97 Å². The maximum absolute atomic E-state index is 12.2. The zero-order chi connectivity index (χ0) is 13.1. The molecule has 1 saturated carbocycles. The van der Waals surface area contributed by atoms with E-state index in [0.717, 1.165) is 25.7 Å². The third-order valence-corrected chi connectivity index (χ3v) is 3.92. The van der Waals surface area contributed by atoms with Crippen molar-refractivity contribution in [3.8, 4) is 0 Å². The Morgan fingerprint density at radius 3 is 2.56 bits per heavy atom. The molecular weight excluding hydrogens is 234 g/mol. The van der Waals surface area contributed by atoms with Crippen molar-refractivity contribution in [1.82, 2.24) is 4.90 Å². The topological polar surface area (TPSA) is 63.7 Å². The van der Waals surface area contributed by atoms with Crippen LogP contribution < -0.4 is 0 Å². The van der Waals surface area contributed by atoms with Crippen LogP contribution in [0.1, 0.15) is 32.1 Å². The van der Waals surface area contributed by atoms with Crippen molar-refractivity contribution in [1.29, 1.82) is 0 Å². The Kier molecular flexibility index (Phi) is 3.99. The van der Waals surface area contributed by atoms with Crippen molar-refractivity contribution >= 4 is 17.7 Å². The summed E-state index contributed by atoms with van der Waals surface area (Å²) in [7, 11) is 1.27. The highest BCUT2D eigenvalue weighted by atomic mass is 16.5. The average molecular weight is 253 g/mol. The van der Waals surface area contributed by atoms with Gasteiger partial charge < -0.3 is 9.64 Å². The van der Waals surface area contributed by atoms with Crippen molar-refractivity contribution in [2.24, 2.45) is 11.8 Å². The molecular formula is C13H19NO4. The summed E-state index contributed by atoms with van der Waals surface area (Å²) in [6, 6.07) is 0. The lowest BCUT2D eigenvalue weighted by atomic mass is 9.95. The molecule has 100 valence electrons. The number of ether oxygens (including phenoxy) is 1. The monoisotopic (exact) mass is 253 g/mol. The molecule has 5 nitrogen and oxygen atoms in total. The smallest absolute Gasteiger partial charge is 0.318 e. The van der Waals surface area contributed by atoms with Gasteiger partial charge in [-0.3, -0.25) is 14.4 Å². The van der Waals surface area contributed by atoms with Crippen LogP contribution in [0, 0.1) is 11.8 Å². The van der Waals surface area contributed by atoms with E-state index in [1.54, 1.807) is 4.90 Å². The maximum Gasteiger partial charge on any atom is 0.318 e. The molecule has 1 aliphatic carbocycles. The molecule has 1 unspecified atom stereocenters. The van der Waals surface area contributed by atoms with Crippen molar-refractivity contribution in [2.45, 2.75) is 32.1 Å². The molecule has 0 radical (unpaired) electrons. The molecule has 2 aliphatic rings. The number of amides is 1. The first-order chi connectivity index (χ1) is 8.63. The molecule has 0 aromatic rings. The number of ketones is 1. The number of hydrogen-bond acceptors (Lipinski definition) is 4. The number of piperidine rings is 1. The molecule has 0 aromatic carbocycles. The van der Waals surface area contributed by atoms with Gasteiger partial charge in [0.05, 0.1) is 7.11 Å². The van der Waals surface area contributed by atoms with Gasteiger partial charge in [0.25, 0.3) is 0 Å². The number of hydrogen-bond donors (Lipinski definition) is 0. The Bertz CT molecular complexity index is 352. The number of nitrogens with zero attached hydrogens (tertiary/aromatic N) is 1. The molecule has 0 aromatic heterocycles. The van der Waals surface area contributed by atoms with Crippen LogP contribution in [-0.4, -0.2) is 42.8 Å². The highest BCUT2D eigenvalue weighted by Gasteiger charge is 2.37. The summed E-state index contributed by atoms with van der Waals surface area (Å²) in [5, 5.41) is 0. The van der Waals surface area contributed by atoms with E-state index in [2.05, 4.69) is 4.74 Å². The van der Waals surface area contributed by atoms with Crippen LogP contribution in [0.5, 0.6) is 0 Å². The quantitative estimate of drug-likeness (QED) is 0.538. The number of carbonyl (C=O) groups is 3. The summed E-state index contributed by atoms with van der Waals surface area (Å²) in [5.74, 6) is -1.22. The van der Waals surface area contributed by atoms with E-state index in [9.17, 15) is 14.4 Å². The van der Waals surface area contributed by atoms with Crippen LogP contribution in [0.25, 0.3) is 0 Å². The van der Waals surface area contributed by atoms with Crippen LogP contribution in [0.4, 0.5) is 0 Å². The van der Waals surface area contributed by atoms with Crippen LogP contribution in [0.15, 0.2) is 0 Å². The van der Waals surface area contributed by atoms with Crippen molar-refractivity contribution < 1.29 is 19.1 Å². The standard InChI is InChI=1S/C13H19NO4/c1-18-13(17)10-8-14(7-6-11(10)15)12(16)9-4-2-3-5-9/h9-10H,2-8H2,1H3. The van der Waals surface area contributed by atoms with Crippen molar-refractivity contribution in [3.05, 3.63) is 0 Å². The zero-order valence-electron chi connectivity index (χ0n) is 10.7. The van der Waals surface area contributed by atoms with Gasteiger partial charge in [-0.1, -0.05) is 12.8 Å². The van der Waals surface area contributed by atoms with E-state index in [-0.39, 0.29) is 30.6 Å². The fourth-order valence-corrected chi connectivity index (χ4v) is 2.81. The summed E-state index contributed by atoms with van der Waals surface area (Å²) in [6.07, 6.45) is 4.34. The summed E-state index contributed by atoms with van der Waals surface area (Å²) in [6.45, 7) is 0.641. The van der Waals surface area contributed by atoms with Gasteiger partial charge in [0.15, 0.2) is 5.78 Å². The lowest BCUT2D eigenvalue weighted by Gasteiger charge is -2.32. The number of likely N-dealkylation sites (tertiary alicyclic amines) is 1. The first kappa shape index (κ1) is 13.1. The van der Waals surface area contributed by atoms with E-state index in [1.807, 2.05) is 0 Å². The molecule has 1 heterocycles. The Balaban J connectivity index is 2.00. The average Bonchev–Trinajstić information content (AvgIpc) is 2.91.